The summed E-state index contributed by atoms with van der Waals surface area (Å²) in [5, 5.41) is 9.73. The quantitative estimate of drug-likeness (QED) is 0.837. The summed E-state index contributed by atoms with van der Waals surface area (Å²) in [5.74, 6) is 0.827. The molecule has 0 aliphatic heterocycles. The summed E-state index contributed by atoms with van der Waals surface area (Å²) in [6.45, 7) is 2.01. The molecule has 0 aromatic heterocycles. The molecule has 1 aliphatic carbocycles. The number of hydrogen-bond acceptors (Lipinski definition) is 2. The molecule has 1 N–H and O–H groups in total. The van der Waals surface area contributed by atoms with Crippen LogP contribution in [-0.4, -0.2) is 18.3 Å². The molecule has 0 saturated heterocycles. The van der Waals surface area contributed by atoms with E-state index in [1.165, 1.54) is 12.1 Å². The van der Waals surface area contributed by atoms with Crippen LogP contribution < -0.4 is 4.74 Å². The van der Waals surface area contributed by atoms with Gasteiger partial charge in [0.1, 0.15) is 11.6 Å². The molecule has 16 heavy (non-hydrogen) atoms. The van der Waals surface area contributed by atoms with Gasteiger partial charge in [-0.2, -0.15) is 0 Å². The normalized spacial score (nSPS) is 29.4. The summed E-state index contributed by atoms with van der Waals surface area (Å²) in [7, 11) is 1.59. The Hall–Kier alpha value is -1.09. The van der Waals surface area contributed by atoms with Gasteiger partial charge in [0, 0.05) is 5.56 Å². The third-order valence-electron chi connectivity index (χ3n) is 3.61. The molecule has 0 radical (unpaired) electrons. The molecule has 3 heteroatoms. The Kier molecular flexibility index (Phi) is 3.15. The second-order valence-electron chi connectivity index (χ2n) is 4.50. The standard InChI is InChI=1S/C13H17FO2/c1-8-10(4-5-12(8)15)11-7-9(14)3-6-13(11)16-2/h3,6-8,10,12,15H,4-5H2,1-2H3. The first kappa shape index (κ1) is 11.4. The van der Waals surface area contributed by atoms with Gasteiger partial charge in [0.2, 0.25) is 0 Å². The van der Waals surface area contributed by atoms with Crippen LogP contribution in [0.1, 0.15) is 31.2 Å². The lowest BCUT2D eigenvalue weighted by molar-refractivity contribution is 0.136. The van der Waals surface area contributed by atoms with Crippen LogP contribution >= 0.6 is 0 Å². The number of rotatable bonds is 2. The van der Waals surface area contributed by atoms with Gasteiger partial charge in [-0.15, -0.1) is 0 Å². The Bertz CT molecular complexity index is 378. The second kappa shape index (κ2) is 4.42. The Labute approximate surface area is 95.1 Å². The number of ether oxygens (including phenoxy) is 1. The van der Waals surface area contributed by atoms with Crippen LogP contribution in [0, 0.1) is 11.7 Å². The van der Waals surface area contributed by atoms with E-state index in [4.69, 9.17) is 4.74 Å². The molecule has 1 fully saturated rings. The average Bonchev–Trinajstić information content (AvgIpc) is 2.60. The molecule has 0 amide bonds. The number of aliphatic hydroxyl groups excluding tert-OH is 1. The first-order valence-electron chi connectivity index (χ1n) is 5.65. The SMILES string of the molecule is COc1ccc(F)cc1C1CCC(O)C1C. The van der Waals surface area contributed by atoms with Crippen molar-refractivity contribution in [1.29, 1.82) is 0 Å². The van der Waals surface area contributed by atoms with E-state index < -0.39 is 0 Å². The highest BCUT2D eigenvalue weighted by atomic mass is 19.1. The molecule has 0 heterocycles. The van der Waals surface area contributed by atoms with Gasteiger partial charge >= 0.3 is 0 Å². The molecule has 2 nitrogen and oxygen atoms in total. The van der Waals surface area contributed by atoms with Crippen molar-refractivity contribution in [1.82, 2.24) is 0 Å². The molecular weight excluding hydrogens is 207 g/mol. The highest BCUT2D eigenvalue weighted by Crippen LogP contribution is 2.43. The molecule has 1 saturated carbocycles. The summed E-state index contributed by atoms with van der Waals surface area (Å²) >= 11 is 0. The first-order chi connectivity index (χ1) is 7.63. The summed E-state index contributed by atoms with van der Waals surface area (Å²) in [6, 6.07) is 4.58. The number of hydrogen-bond donors (Lipinski definition) is 1. The van der Waals surface area contributed by atoms with Gasteiger partial charge in [-0.25, -0.2) is 4.39 Å². The average molecular weight is 224 g/mol. The van der Waals surface area contributed by atoms with E-state index in [-0.39, 0.29) is 23.8 Å². The zero-order valence-corrected chi connectivity index (χ0v) is 9.61. The fourth-order valence-electron chi connectivity index (χ4n) is 2.58. The Balaban J connectivity index is 2.35. The molecule has 1 aromatic rings. The summed E-state index contributed by atoms with van der Waals surface area (Å²) in [6.07, 6.45) is 1.39. The largest absolute Gasteiger partial charge is 0.496 e. The predicted octanol–water partition coefficient (Wildman–Crippen LogP) is 2.71. The predicted molar refractivity (Wildman–Crippen MR) is 60.1 cm³/mol. The molecule has 88 valence electrons. The third kappa shape index (κ3) is 1.92. The van der Waals surface area contributed by atoms with Crippen molar-refractivity contribution < 1.29 is 14.2 Å². The van der Waals surface area contributed by atoms with Crippen molar-refractivity contribution in [2.75, 3.05) is 7.11 Å². The molecule has 0 spiro atoms. The van der Waals surface area contributed by atoms with Crippen molar-refractivity contribution in [2.24, 2.45) is 5.92 Å². The van der Waals surface area contributed by atoms with Gasteiger partial charge in [0.15, 0.2) is 0 Å². The number of halogens is 1. The summed E-state index contributed by atoms with van der Waals surface area (Å²) in [4.78, 5) is 0. The lowest BCUT2D eigenvalue weighted by Gasteiger charge is -2.20. The maximum Gasteiger partial charge on any atom is 0.123 e. The van der Waals surface area contributed by atoms with E-state index in [2.05, 4.69) is 0 Å². The van der Waals surface area contributed by atoms with Gasteiger partial charge in [0.05, 0.1) is 13.2 Å². The van der Waals surface area contributed by atoms with Crippen LogP contribution in [0.2, 0.25) is 0 Å². The van der Waals surface area contributed by atoms with Crippen molar-refractivity contribution >= 4 is 0 Å². The minimum atomic E-state index is -0.280. The smallest absolute Gasteiger partial charge is 0.123 e. The van der Waals surface area contributed by atoms with Crippen LogP contribution in [0.15, 0.2) is 18.2 Å². The monoisotopic (exact) mass is 224 g/mol. The second-order valence-corrected chi connectivity index (χ2v) is 4.50. The van der Waals surface area contributed by atoms with E-state index in [1.807, 2.05) is 6.92 Å². The molecule has 3 unspecified atom stereocenters. The summed E-state index contributed by atoms with van der Waals surface area (Å²) in [5.41, 5.74) is 0.881. The fraction of sp³-hybridized carbons (Fsp3) is 0.538. The van der Waals surface area contributed by atoms with Crippen LogP contribution in [0.3, 0.4) is 0 Å². The van der Waals surface area contributed by atoms with E-state index in [9.17, 15) is 9.50 Å². The zero-order valence-electron chi connectivity index (χ0n) is 9.61. The number of benzene rings is 1. The highest BCUT2D eigenvalue weighted by molar-refractivity contribution is 5.38. The topological polar surface area (TPSA) is 29.5 Å². The summed E-state index contributed by atoms with van der Waals surface area (Å²) < 4.78 is 18.5. The van der Waals surface area contributed by atoms with Gasteiger partial charge in [-0.3, -0.25) is 0 Å². The van der Waals surface area contributed by atoms with Crippen molar-refractivity contribution in [3.05, 3.63) is 29.6 Å². The first-order valence-corrected chi connectivity index (χ1v) is 5.65. The van der Waals surface area contributed by atoms with Crippen molar-refractivity contribution in [3.8, 4) is 5.75 Å². The minimum Gasteiger partial charge on any atom is -0.496 e. The third-order valence-corrected chi connectivity index (χ3v) is 3.61. The maximum absolute atomic E-state index is 13.2. The van der Waals surface area contributed by atoms with Gasteiger partial charge in [0.25, 0.3) is 0 Å². The van der Waals surface area contributed by atoms with E-state index in [0.717, 1.165) is 18.4 Å². The molecule has 2 rings (SSSR count). The molecule has 1 aromatic carbocycles. The van der Waals surface area contributed by atoms with Gasteiger partial charge < -0.3 is 9.84 Å². The van der Waals surface area contributed by atoms with Crippen LogP contribution in [0.4, 0.5) is 4.39 Å². The van der Waals surface area contributed by atoms with Gasteiger partial charge in [-0.1, -0.05) is 6.92 Å². The molecule has 0 bridgehead atoms. The highest BCUT2D eigenvalue weighted by Gasteiger charge is 2.34. The molecule has 3 atom stereocenters. The maximum atomic E-state index is 13.2. The fourth-order valence-corrected chi connectivity index (χ4v) is 2.58. The van der Waals surface area contributed by atoms with Crippen LogP contribution in [0.5, 0.6) is 5.75 Å². The Morgan fingerprint density at radius 1 is 1.38 bits per heavy atom. The zero-order chi connectivity index (χ0) is 11.7. The molecular formula is C13H17FO2. The van der Waals surface area contributed by atoms with Crippen LogP contribution in [-0.2, 0) is 0 Å². The lowest BCUT2D eigenvalue weighted by atomic mass is 9.89. The Morgan fingerprint density at radius 2 is 2.12 bits per heavy atom. The number of methoxy groups -OCH3 is 1. The van der Waals surface area contributed by atoms with E-state index in [1.54, 1.807) is 13.2 Å². The minimum absolute atomic E-state index is 0.163. The van der Waals surface area contributed by atoms with E-state index in [0.29, 0.717) is 5.75 Å². The lowest BCUT2D eigenvalue weighted by Crippen LogP contribution is -2.14. The van der Waals surface area contributed by atoms with Crippen molar-refractivity contribution in [2.45, 2.75) is 31.8 Å². The van der Waals surface area contributed by atoms with Crippen molar-refractivity contribution in [3.63, 3.8) is 0 Å². The van der Waals surface area contributed by atoms with Crippen LogP contribution in [0.25, 0.3) is 0 Å². The number of aliphatic hydroxyl groups is 1. The van der Waals surface area contributed by atoms with E-state index >= 15 is 0 Å². The molecule has 1 aliphatic rings. The Morgan fingerprint density at radius 3 is 2.69 bits per heavy atom. The van der Waals surface area contributed by atoms with Gasteiger partial charge in [-0.05, 0) is 42.9 Å².